The maximum atomic E-state index is 13.3. The number of fused-ring (bicyclic) bond motifs is 2. The molecule has 9 heteroatoms. The fourth-order valence-corrected chi connectivity index (χ4v) is 4.75. The van der Waals surface area contributed by atoms with Gasteiger partial charge in [-0.1, -0.05) is 11.6 Å². The van der Waals surface area contributed by atoms with Crippen LogP contribution in [0.1, 0.15) is 23.3 Å². The molecule has 0 bridgehead atoms. The van der Waals surface area contributed by atoms with E-state index in [0.29, 0.717) is 56.7 Å². The number of aromatic nitrogens is 1. The summed E-state index contributed by atoms with van der Waals surface area (Å²) in [7, 11) is 1.64. The average molecular weight is 409 g/mol. The van der Waals surface area contributed by atoms with Crippen LogP contribution < -0.4 is 0 Å². The molecule has 3 aliphatic heterocycles. The highest BCUT2D eigenvalue weighted by Crippen LogP contribution is 2.41. The van der Waals surface area contributed by atoms with E-state index in [1.54, 1.807) is 24.1 Å². The first-order valence-electron chi connectivity index (χ1n) is 9.62. The Morgan fingerprint density at radius 3 is 2.82 bits per heavy atom. The van der Waals surface area contributed by atoms with Crippen LogP contribution in [0.2, 0.25) is 5.02 Å². The van der Waals surface area contributed by atoms with Crippen LogP contribution in [0.4, 0.5) is 0 Å². The zero-order chi connectivity index (χ0) is 19.7. The number of rotatable bonds is 4. The van der Waals surface area contributed by atoms with Gasteiger partial charge in [0.25, 0.3) is 5.91 Å². The lowest BCUT2D eigenvalue weighted by molar-refractivity contribution is -0.137. The number of piperazine rings is 1. The van der Waals surface area contributed by atoms with Crippen molar-refractivity contribution in [2.45, 2.75) is 24.5 Å². The van der Waals surface area contributed by atoms with Gasteiger partial charge in [-0.3, -0.25) is 14.5 Å². The van der Waals surface area contributed by atoms with E-state index in [0.717, 1.165) is 12.8 Å². The molecule has 3 fully saturated rings. The zero-order valence-corrected chi connectivity index (χ0v) is 16.7. The van der Waals surface area contributed by atoms with Gasteiger partial charge in [0, 0.05) is 52.3 Å². The summed E-state index contributed by atoms with van der Waals surface area (Å²) in [4.78, 5) is 36.2. The van der Waals surface area contributed by atoms with Gasteiger partial charge < -0.3 is 19.3 Å². The lowest BCUT2D eigenvalue weighted by atomic mass is 9.96. The fraction of sp³-hybridized carbons (Fsp3) is 0.632. The van der Waals surface area contributed by atoms with Crippen LogP contribution in [0.15, 0.2) is 18.3 Å². The Balaban J connectivity index is 1.55. The second kappa shape index (κ2) is 7.94. The molecule has 1 aromatic heterocycles. The molecular formula is C19H25ClN4O4. The van der Waals surface area contributed by atoms with Gasteiger partial charge in [-0.25, -0.2) is 4.98 Å². The highest BCUT2D eigenvalue weighted by molar-refractivity contribution is 6.30. The van der Waals surface area contributed by atoms with Gasteiger partial charge >= 0.3 is 0 Å². The molecule has 8 nitrogen and oxygen atoms in total. The van der Waals surface area contributed by atoms with Gasteiger partial charge in [-0.05, 0) is 12.1 Å². The van der Waals surface area contributed by atoms with Crippen LogP contribution in [0.5, 0.6) is 0 Å². The van der Waals surface area contributed by atoms with Crippen LogP contribution >= 0.6 is 11.6 Å². The molecule has 0 unspecified atom stereocenters. The summed E-state index contributed by atoms with van der Waals surface area (Å²) in [5.41, 5.74) is 0.0203. The van der Waals surface area contributed by atoms with E-state index in [9.17, 15) is 9.59 Å². The fourth-order valence-electron chi connectivity index (χ4n) is 4.64. The first-order valence-corrected chi connectivity index (χ1v) is 10.0. The van der Waals surface area contributed by atoms with Gasteiger partial charge in [0.15, 0.2) is 0 Å². The molecule has 3 aliphatic rings. The van der Waals surface area contributed by atoms with E-state index < -0.39 is 0 Å². The second-order valence-corrected chi connectivity index (χ2v) is 7.84. The summed E-state index contributed by atoms with van der Waals surface area (Å²) in [6, 6.07) is 2.95. The van der Waals surface area contributed by atoms with Gasteiger partial charge in [-0.2, -0.15) is 0 Å². The van der Waals surface area contributed by atoms with Crippen molar-refractivity contribution in [2.24, 2.45) is 0 Å². The van der Waals surface area contributed by atoms with Gasteiger partial charge in [0.2, 0.25) is 5.91 Å². The molecule has 0 saturated carbocycles. The lowest BCUT2D eigenvalue weighted by Crippen LogP contribution is -2.62. The SMILES string of the molecule is COCCN1C(=O)[C@H]2CN(C(=O)c3ccc(Cl)cn3)CCN2C12CCOCC2. The minimum Gasteiger partial charge on any atom is -0.383 e. The van der Waals surface area contributed by atoms with Crippen molar-refractivity contribution in [3.05, 3.63) is 29.0 Å². The zero-order valence-electron chi connectivity index (χ0n) is 16.0. The number of carbonyl (C=O) groups is 2. The quantitative estimate of drug-likeness (QED) is 0.735. The summed E-state index contributed by atoms with van der Waals surface area (Å²) in [6.07, 6.45) is 3.03. The van der Waals surface area contributed by atoms with Crippen molar-refractivity contribution >= 4 is 23.4 Å². The molecule has 4 rings (SSSR count). The summed E-state index contributed by atoms with van der Waals surface area (Å²) in [5.74, 6) is -0.0963. The largest absolute Gasteiger partial charge is 0.383 e. The van der Waals surface area contributed by atoms with Crippen molar-refractivity contribution < 1.29 is 19.1 Å². The maximum absolute atomic E-state index is 13.3. The van der Waals surface area contributed by atoms with E-state index in [2.05, 4.69) is 9.88 Å². The summed E-state index contributed by atoms with van der Waals surface area (Å²) >= 11 is 5.87. The first kappa shape index (κ1) is 19.6. The third-order valence-corrected chi connectivity index (χ3v) is 6.24. The Morgan fingerprint density at radius 2 is 2.14 bits per heavy atom. The highest BCUT2D eigenvalue weighted by atomic mass is 35.5. The van der Waals surface area contributed by atoms with Crippen LogP contribution in [-0.4, -0.2) is 96.3 Å². The van der Waals surface area contributed by atoms with Crippen molar-refractivity contribution in [3.63, 3.8) is 0 Å². The standard InChI is InChI=1S/C19H25ClN4O4/c1-27-11-8-24-18(26)16-13-22(17(25)15-3-2-14(20)12-21-15)6-7-23(16)19(24)4-9-28-10-5-19/h2-3,12,16H,4-11,13H2,1H3/t16-/m1/s1. The smallest absolute Gasteiger partial charge is 0.272 e. The number of methoxy groups -OCH3 is 1. The molecule has 2 amide bonds. The molecule has 152 valence electrons. The van der Waals surface area contributed by atoms with Crippen LogP contribution in [-0.2, 0) is 14.3 Å². The molecular weight excluding hydrogens is 384 g/mol. The molecule has 0 N–H and O–H groups in total. The van der Waals surface area contributed by atoms with E-state index in [1.165, 1.54) is 6.20 Å². The topological polar surface area (TPSA) is 75.2 Å². The summed E-state index contributed by atoms with van der Waals surface area (Å²) < 4.78 is 10.8. The number of halogens is 1. The monoisotopic (exact) mass is 408 g/mol. The van der Waals surface area contributed by atoms with Gasteiger partial charge in [0.05, 0.1) is 24.8 Å². The number of carbonyl (C=O) groups excluding carboxylic acids is 2. The first-order chi connectivity index (χ1) is 13.6. The van der Waals surface area contributed by atoms with Crippen molar-refractivity contribution in [1.82, 2.24) is 19.7 Å². The minimum absolute atomic E-state index is 0.0699. The van der Waals surface area contributed by atoms with Crippen LogP contribution in [0.3, 0.4) is 0 Å². The van der Waals surface area contributed by atoms with E-state index in [1.807, 2.05) is 4.90 Å². The summed E-state index contributed by atoms with van der Waals surface area (Å²) in [5, 5.41) is 0.489. The number of pyridine rings is 1. The van der Waals surface area contributed by atoms with Crippen LogP contribution in [0.25, 0.3) is 0 Å². The molecule has 4 heterocycles. The number of hydrogen-bond donors (Lipinski definition) is 0. The predicted molar refractivity (Wildman–Crippen MR) is 102 cm³/mol. The normalized spacial score (nSPS) is 24.6. The van der Waals surface area contributed by atoms with Crippen molar-refractivity contribution in [1.29, 1.82) is 0 Å². The van der Waals surface area contributed by atoms with E-state index in [-0.39, 0.29) is 23.5 Å². The molecule has 1 spiro atoms. The number of nitrogens with zero attached hydrogens (tertiary/aromatic N) is 4. The number of ether oxygens (including phenoxy) is 2. The average Bonchev–Trinajstić information content (AvgIpc) is 2.94. The number of hydrogen-bond acceptors (Lipinski definition) is 6. The predicted octanol–water partition coefficient (Wildman–Crippen LogP) is 0.857. The summed E-state index contributed by atoms with van der Waals surface area (Å²) in [6.45, 7) is 3.90. The molecule has 0 radical (unpaired) electrons. The highest BCUT2D eigenvalue weighted by Gasteiger charge is 2.58. The van der Waals surface area contributed by atoms with Crippen molar-refractivity contribution in [2.75, 3.05) is 53.1 Å². The third kappa shape index (κ3) is 3.28. The molecule has 0 aliphatic carbocycles. The Kier molecular flexibility index (Phi) is 5.55. The van der Waals surface area contributed by atoms with Gasteiger partial charge in [0.1, 0.15) is 17.4 Å². The lowest BCUT2D eigenvalue weighted by Gasteiger charge is -2.48. The molecule has 28 heavy (non-hydrogen) atoms. The Labute approximate surface area is 169 Å². The number of amides is 2. The van der Waals surface area contributed by atoms with E-state index >= 15 is 0 Å². The van der Waals surface area contributed by atoms with Crippen molar-refractivity contribution in [3.8, 4) is 0 Å². The van der Waals surface area contributed by atoms with Gasteiger partial charge in [-0.15, -0.1) is 0 Å². The molecule has 1 aromatic rings. The third-order valence-electron chi connectivity index (χ3n) is 6.01. The Morgan fingerprint density at radius 1 is 1.36 bits per heavy atom. The second-order valence-electron chi connectivity index (χ2n) is 7.40. The minimum atomic E-state index is -0.333. The Hall–Kier alpha value is -1.74. The maximum Gasteiger partial charge on any atom is 0.272 e. The van der Waals surface area contributed by atoms with E-state index in [4.69, 9.17) is 21.1 Å². The Bertz CT molecular complexity index is 738. The molecule has 0 aromatic carbocycles. The molecule has 1 atom stereocenters. The molecule has 3 saturated heterocycles. The van der Waals surface area contributed by atoms with Crippen LogP contribution in [0, 0.1) is 0 Å².